The van der Waals surface area contributed by atoms with Crippen molar-refractivity contribution in [2.24, 2.45) is 11.8 Å². The van der Waals surface area contributed by atoms with Crippen LogP contribution in [0.2, 0.25) is 0 Å². The van der Waals surface area contributed by atoms with E-state index in [1.807, 2.05) is 10.6 Å². The van der Waals surface area contributed by atoms with Gasteiger partial charge in [0.15, 0.2) is 12.1 Å². The average molecular weight is 204 g/mol. The number of hydrogen-bond donors (Lipinski definition) is 4. The molecule has 0 radical (unpaired) electrons. The maximum absolute atomic E-state index is 9.88. The summed E-state index contributed by atoms with van der Waals surface area (Å²) in [4.78, 5) is 0. The minimum atomic E-state index is -0.397. The Labute approximate surface area is 85.7 Å². The molecule has 1 aliphatic heterocycles. The van der Waals surface area contributed by atoms with Gasteiger partial charge < -0.3 is 20.8 Å². The molecule has 1 rings (SSSR count). The van der Waals surface area contributed by atoms with Crippen LogP contribution >= 0.6 is 0 Å². The predicted molar refractivity (Wildman–Crippen MR) is 53.1 cm³/mol. The van der Waals surface area contributed by atoms with Crippen LogP contribution in [0.5, 0.6) is 0 Å². The number of aliphatic hydroxyl groups excluding tert-OH is 2. The second kappa shape index (κ2) is 4.57. The summed E-state index contributed by atoms with van der Waals surface area (Å²) in [6.07, 6.45) is -0.795. The SMILES string of the molecule is CC(C)[C@@H]1[NH2+][C@H](O)[C@H](C(C)C)[NH2+][C@@H]1O. The molecular formula is C10H24N2O2+2. The van der Waals surface area contributed by atoms with Crippen LogP contribution in [-0.2, 0) is 0 Å². The molecule has 0 aromatic rings. The highest BCUT2D eigenvalue weighted by molar-refractivity contribution is 4.69. The zero-order valence-electron chi connectivity index (χ0n) is 9.51. The number of nitrogens with two attached hydrogens (primary N) is 2. The van der Waals surface area contributed by atoms with Crippen molar-refractivity contribution in [3.05, 3.63) is 0 Å². The maximum Gasteiger partial charge on any atom is 0.241 e. The topological polar surface area (TPSA) is 73.7 Å². The molecule has 0 aromatic heterocycles. The van der Waals surface area contributed by atoms with Crippen molar-refractivity contribution >= 4 is 0 Å². The highest BCUT2D eigenvalue weighted by Crippen LogP contribution is 2.05. The van der Waals surface area contributed by atoms with E-state index in [0.717, 1.165) is 0 Å². The molecule has 1 heterocycles. The van der Waals surface area contributed by atoms with Crippen LogP contribution in [0.15, 0.2) is 0 Å². The lowest BCUT2D eigenvalue weighted by Crippen LogP contribution is -3.19. The quantitative estimate of drug-likeness (QED) is 0.413. The zero-order valence-corrected chi connectivity index (χ0v) is 9.51. The van der Waals surface area contributed by atoms with Crippen LogP contribution in [0.25, 0.3) is 0 Å². The van der Waals surface area contributed by atoms with Gasteiger partial charge in [0, 0.05) is 11.8 Å². The van der Waals surface area contributed by atoms with E-state index in [1.54, 1.807) is 0 Å². The lowest BCUT2D eigenvalue weighted by atomic mass is 9.94. The first kappa shape index (κ1) is 11.9. The fourth-order valence-corrected chi connectivity index (χ4v) is 2.17. The van der Waals surface area contributed by atoms with Gasteiger partial charge >= 0.3 is 0 Å². The summed E-state index contributed by atoms with van der Waals surface area (Å²) in [5.74, 6) is 0.757. The van der Waals surface area contributed by atoms with E-state index in [1.165, 1.54) is 0 Å². The molecule has 4 atom stereocenters. The third-order valence-corrected chi connectivity index (χ3v) is 3.17. The van der Waals surface area contributed by atoms with Gasteiger partial charge in [-0.05, 0) is 0 Å². The lowest BCUT2D eigenvalue weighted by Gasteiger charge is -2.35. The summed E-state index contributed by atoms with van der Waals surface area (Å²) in [6, 6.07) is 0.194. The van der Waals surface area contributed by atoms with E-state index in [4.69, 9.17) is 0 Å². The lowest BCUT2D eigenvalue weighted by molar-refractivity contribution is -0.917. The summed E-state index contributed by atoms with van der Waals surface area (Å²) in [7, 11) is 0. The monoisotopic (exact) mass is 204 g/mol. The van der Waals surface area contributed by atoms with Gasteiger partial charge in [0.05, 0.1) is 0 Å². The van der Waals surface area contributed by atoms with Gasteiger partial charge in [-0.1, -0.05) is 27.7 Å². The molecule has 1 fully saturated rings. The molecule has 1 aliphatic rings. The van der Waals surface area contributed by atoms with Gasteiger partial charge in [-0.2, -0.15) is 0 Å². The number of piperazine rings is 1. The second-order valence-electron chi connectivity index (χ2n) is 5.01. The first-order valence-electron chi connectivity index (χ1n) is 5.49. The van der Waals surface area contributed by atoms with Crippen molar-refractivity contribution in [1.82, 2.24) is 0 Å². The van der Waals surface area contributed by atoms with Crippen LogP contribution in [0.3, 0.4) is 0 Å². The fraction of sp³-hybridized carbons (Fsp3) is 1.00. The van der Waals surface area contributed by atoms with Crippen molar-refractivity contribution < 1.29 is 20.8 Å². The minimum Gasteiger partial charge on any atom is -0.340 e. The average Bonchev–Trinajstić information content (AvgIpc) is 2.07. The highest BCUT2D eigenvalue weighted by atomic mass is 16.3. The summed E-state index contributed by atoms with van der Waals surface area (Å²) in [5.41, 5.74) is 0. The molecule has 4 nitrogen and oxygen atoms in total. The van der Waals surface area contributed by atoms with Crippen molar-refractivity contribution in [3.63, 3.8) is 0 Å². The van der Waals surface area contributed by atoms with E-state index >= 15 is 0 Å². The molecule has 0 saturated carbocycles. The Balaban J connectivity index is 2.62. The first-order valence-corrected chi connectivity index (χ1v) is 5.49. The molecule has 6 N–H and O–H groups in total. The third-order valence-electron chi connectivity index (χ3n) is 3.17. The largest absolute Gasteiger partial charge is 0.340 e. The third kappa shape index (κ3) is 2.45. The van der Waals surface area contributed by atoms with Crippen molar-refractivity contribution in [3.8, 4) is 0 Å². The Bertz CT molecular complexity index is 165. The second-order valence-corrected chi connectivity index (χ2v) is 5.01. The molecule has 0 aliphatic carbocycles. The fourth-order valence-electron chi connectivity index (χ4n) is 2.17. The Hall–Kier alpha value is -0.160. The van der Waals surface area contributed by atoms with Crippen molar-refractivity contribution in [2.45, 2.75) is 52.2 Å². The summed E-state index contributed by atoms with van der Waals surface area (Å²) >= 11 is 0. The summed E-state index contributed by atoms with van der Waals surface area (Å²) in [5, 5.41) is 23.6. The first-order chi connectivity index (χ1) is 6.43. The molecule has 4 heteroatoms. The Morgan fingerprint density at radius 1 is 0.786 bits per heavy atom. The standard InChI is InChI=1S/C10H22N2O2/c1-5(2)7-9(13)12-8(6(3)4)10(14)11-7/h5-14H,1-4H3/p+2/t7-,8-,9+,10+/m0/s1. The minimum absolute atomic E-state index is 0.0972. The van der Waals surface area contributed by atoms with Gasteiger partial charge in [-0.15, -0.1) is 0 Å². The van der Waals surface area contributed by atoms with Crippen LogP contribution in [-0.4, -0.2) is 34.8 Å². The highest BCUT2D eigenvalue weighted by Gasteiger charge is 2.44. The van der Waals surface area contributed by atoms with E-state index in [0.29, 0.717) is 11.8 Å². The molecule has 0 aromatic carbocycles. The maximum atomic E-state index is 9.88. The van der Waals surface area contributed by atoms with Crippen LogP contribution in [0, 0.1) is 11.8 Å². The number of aliphatic hydroxyl groups is 2. The molecule has 0 amide bonds. The molecule has 14 heavy (non-hydrogen) atoms. The smallest absolute Gasteiger partial charge is 0.241 e. The van der Waals surface area contributed by atoms with Crippen molar-refractivity contribution in [2.75, 3.05) is 0 Å². The van der Waals surface area contributed by atoms with Gasteiger partial charge in [-0.25, -0.2) is 0 Å². The van der Waals surface area contributed by atoms with Gasteiger partial charge in [0.25, 0.3) is 0 Å². The van der Waals surface area contributed by atoms with Crippen LogP contribution in [0.4, 0.5) is 0 Å². The molecule has 0 spiro atoms. The number of rotatable bonds is 2. The predicted octanol–water partition coefficient (Wildman–Crippen LogP) is -2.19. The molecular weight excluding hydrogens is 180 g/mol. The molecule has 84 valence electrons. The van der Waals surface area contributed by atoms with Gasteiger partial charge in [0.1, 0.15) is 0 Å². The van der Waals surface area contributed by atoms with E-state index in [-0.39, 0.29) is 12.1 Å². The zero-order chi connectivity index (χ0) is 10.9. The summed E-state index contributed by atoms with van der Waals surface area (Å²) < 4.78 is 0. The number of quaternary nitrogens is 2. The summed E-state index contributed by atoms with van der Waals surface area (Å²) in [6.45, 7) is 8.28. The number of hydrogen-bond acceptors (Lipinski definition) is 2. The van der Waals surface area contributed by atoms with E-state index in [9.17, 15) is 10.2 Å². The van der Waals surface area contributed by atoms with E-state index in [2.05, 4.69) is 27.7 Å². The Morgan fingerprint density at radius 2 is 1.07 bits per heavy atom. The van der Waals surface area contributed by atoms with Crippen molar-refractivity contribution in [1.29, 1.82) is 0 Å². The van der Waals surface area contributed by atoms with Gasteiger partial charge in [-0.3, -0.25) is 0 Å². The van der Waals surface area contributed by atoms with Crippen LogP contribution in [0.1, 0.15) is 27.7 Å². The normalized spacial score (nSPS) is 39.4. The van der Waals surface area contributed by atoms with Crippen LogP contribution < -0.4 is 10.6 Å². The Morgan fingerprint density at radius 3 is 1.29 bits per heavy atom. The van der Waals surface area contributed by atoms with E-state index < -0.39 is 12.5 Å². The van der Waals surface area contributed by atoms with Gasteiger partial charge in [0.2, 0.25) is 12.5 Å². The molecule has 0 bridgehead atoms. The Kier molecular flexibility index (Phi) is 3.89. The molecule has 1 saturated heterocycles. The molecule has 0 unspecified atom stereocenters.